The Bertz CT molecular complexity index is 592. The zero-order valence-electron chi connectivity index (χ0n) is 11.5. The first-order valence-electron chi connectivity index (χ1n) is 6.61. The minimum absolute atomic E-state index is 0.113. The largest absolute Gasteiger partial charge is 0.435 e. The molecule has 21 heavy (non-hydrogen) atoms. The molecule has 0 saturated carbocycles. The highest BCUT2D eigenvalue weighted by molar-refractivity contribution is 7.09. The van der Waals surface area contributed by atoms with E-state index < -0.39 is 11.9 Å². The molecule has 0 atom stereocenters. The van der Waals surface area contributed by atoms with Gasteiger partial charge in [-0.3, -0.25) is 4.68 Å². The Kier molecular flexibility index (Phi) is 5.00. The van der Waals surface area contributed by atoms with E-state index in [1.807, 2.05) is 12.3 Å². The highest BCUT2D eigenvalue weighted by Crippen LogP contribution is 2.31. The number of thiazole rings is 1. The molecular weight excluding hydrogens is 303 g/mol. The highest BCUT2D eigenvalue weighted by Gasteiger charge is 2.36. The molecule has 4 nitrogen and oxygen atoms in total. The number of aromatic nitrogens is 3. The van der Waals surface area contributed by atoms with Crippen molar-refractivity contribution >= 4 is 11.3 Å². The summed E-state index contributed by atoms with van der Waals surface area (Å²) in [4.78, 5) is 4.32. The average molecular weight is 319 g/mol. The number of aryl methyl sites for hydroxylation is 2. The molecule has 0 bridgehead atoms. The second-order valence-electron chi connectivity index (χ2n) is 4.61. The molecule has 2 heterocycles. The van der Waals surface area contributed by atoms with Crippen LogP contribution in [0.25, 0.3) is 0 Å². The first-order chi connectivity index (χ1) is 9.94. The highest BCUT2D eigenvalue weighted by atomic mass is 32.1. The zero-order valence-corrected chi connectivity index (χ0v) is 12.3. The fourth-order valence-corrected chi connectivity index (χ4v) is 2.72. The molecule has 116 valence electrons. The molecule has 0 fully saturated rings. The number of aliphatic hydroxyl groups is 1. The van der Waals surface area contributed by atoms with E-state index in [1.54, 1.807) is 0 Å². The summed E-state index contributed by atoms with van der Waals surface area (Å²) in [6, 6.07) is 0. The second kappa shape index (κ2) is 6.57. The van der Waals surface area contributed by atoms with Crippen molar-refractivity contribution in [3.05, 3.63) is 33.5 Å². The Morgan fingerprint density at radius 3 is 2.71 bits per heavy atom. The lowest BCUT2D eigenvalue weighted by atomic mass is 10.1. The summed E-state index contributed by atoms with van der Waals surface area (Å²) in [6.07, 6.45) is -1.84. The fourth-order valence-electron chi connectivity index (χ4n) is 1.98. The van der Waals surface area contributed by atoms with Gasteiger partial charge in [-0.25, -0.2) is 4.98 Å². The minimum Gasteiger partial charge on any atom is -0.396 e. The van der Waals surface area contributed by atoms with Crippen LogP contribution in [-0.2, 0) is 25.6 Å². The van der Waals surface area contributed by atoms with Gasteiger partial charge in [0.2, 0.25) is 0 Å². The van der Waals surface area contributed by atoms with Gasteiger partial charge in [0.15, 0.2) is 5.69 Å². The van der Waals surface area contributed by atoms with Gasteiger partial charge < -0.3 is 5.11 Å². The topological polar surface area (TPSA) is 50.9 Å². The predicted molar refractivity (Wildman–Crippen MR) is 73.2 cm³/mol. The van der Waals surface area contributed by atoms with Crippen LogP contribution in [0.4, 0.5) is 13.2 Å². The Morgan fingerprint density at radius 1 is 1.38 bits per heavy atom. The summed E-state index contributed by atoms with van der Waals surface area (Å²) < 4.78 is 40.1. The first-order valence-corrected chi connectivity index (χ1v) is 7.49. The van der Waals surface area contributed by atoms with Crippen molar-refractivity contribution in [3.63, 3.8) is 0 Å². The van der Waals surface area contributed by atoms with Gasteiger partial charge in [-0.2, -0.15) is 18.3 Å². The van der Waals surface area contributed by atoms with E-state index in [1.165, 1.54) is 22.2 Å². The minimum atomic E-state index is -4.48. The number of nitrogens with zero attached hydrogens (tertiary/aromatic N) is 3. The molecule has 1 N–H and O–H groups in total. The van der Waals surface area contributed by atoms with Gasteiger partial charge in [-0.1, -0.05) is 6.92 Å². The molecule has 0 radical (unpaired) electrons. The van der Waals surface area contributed by atoms with Gasteiger partial charge in [-0.05, 0) is 19.3 Å². The maximum atomic E-state index is 12.9. The molecule has 0 aliphatic carbocycles. The summed E-state index contributed by atoms with van der Waals surface area (Å²) in [5.74, 6) is 0. The summed E-state index contributed by atoms with van der Waals surface area (Å²) in [7, 11) is 0. The molecule has 0 aromatic carbocycles. The van der Waals surface area contributed by atoms with E-state index >= 15 is 0 Å². The second-order valence-corrected chi connectivity index (χ2v) is 5.55. The molecule has 8 heteroatoms. The van der Waals surface area contributed by atoms with Gasteiger partial charge >= 0.3 is 6.18 Å². The number of aliphatic hydroxyl groups excluding tert-OH is 1. The Labute approximate surface area is 124 Å². The molecule has 0 amide bonds. The Balaban J connectivity index is 2.21. The number of hydrogen-bond donors (Lipinski definition) is 1. The van der Waals surface area contributed by atoms with Crippen LogP contribution >= 0.6 is 11.3 Å². The molecule has 0 aliphatic heterocycles. The maximum absolute atomic E-state index is 12.9. The summed E-state index contributed by atoms with van der Waals surface area (Å²) in [5.41, 5.74) is -0.0498. The van der Waals surface area contributed by atoms with E-state index in [-0.39, 0.29) is 31.6 Å². The van der Waals surface area contributed by atoms with Gasteiger partial charge in [0.1, 0.15) is 0 Å². The molecule has 0 aliphatic rings. The van der Waals surface area contributed by atoms with Crippen LogP contribution in [0.1, 0.15) is 35.3 Å². The van der Waals surface area contributed by atoms with Crippen molar-refractivity contribution in [2.24, 2.45) is 0 Å². The molecule has 2 aromatic rings. The van der Waals surface area contributed by atoms with E-state index in [2.05, 4.69) is 10.1 Å². The lowest BCUT2D eigenvalue weighted by Crippen LogP contribution is -2.10. The van der Waals surface area contributed by atoms with Crippen LogP contribution in [0, 0.1) is 0 Å². The van der Waals surface area contributed by atoms with Crippen molar-refractivity contribution in [2.75, 3.05) is 6.61 Å². The first kappa shape index (κ1) is 16.0. The van der Waals surface area contributed by atoms with Crippen molar-refractivity contribution in [1.82, 2.24) is 14.8 Å². The third-order valence-corrected chi connectivity index (χ3v) is 3.98. The third kappa shape index (κ3) is 4.04. The summed E-state index contributed by atoms with van der Waals surface area (Å²) in [6.45, 7) is 2.05. The molecule has 0 unspecified atom stereocenters. The maximum Gasteiger partial charge on any atom is 0.435 e. The molecule has 2 aromatic heterocycles. The quantitative estimate of drug-likeness (QED) is 0.891. The number of halogens is 3. The molecule has 0 spiro atoms. The van der Waals surface area contributed by atoms with Crippen LogP contribution in [0.5, 0.6) is 0 Å². The Hall–Kier alpha value is -1.41. The fraction of sp³-hybridized carbons (Fsp3) is 0.538. The van der Waals surface area contributed by atoms with E-state index in [0.29, 0.717) is 5.69 Å². The van der Waals surface area contributed by atoms with Crippen molar-refractivity contribution in [2.45, 2.75) is 38.9 Å². The monoisotopic (exact) mass is 319 g/mol. The van der Waals surface area contributed by atoms with E-state index in [9.17, 15) is 13.2 Å². The van der Waals surface area contributed by atoms with E-state index in [4.69, 9.17) is 5.11 Å². The average Bonchev–Trinajstić information content (AvgIpc) is 3.03. The summed E-state index contributed by atoms with van der Waals surface area (Å²) >= 11 is 1.49. The molecule has 2 rings (SSSR count). The van der Waals surface area contributed by atoms with Gasteiger partial charge in [-0.15, -0.1) is 11.3 Å². The number of alkyl halides is 3. The van der Waals surface area contributed by atoms with E-state index in [0.717, 1.165) is 11.4 Å². The van der Waals surface area contributed by atoms with Crippen molar-refractivity contribution in [1.29, 1.82) is 0 Å². The zero-order chi connectivity index (χ0) is 15.5. The Morgan fingerprint density at radius 2 is 2.14 bits per heavy atom. The van der Waals surface area contributed by atoms with Crippen LogP contribution in [0.2, 0.25) is 0 Å². The van der Waals surface area contributed by atoms with Crippen molar-refractivity contribution in [3.8, 4) is 0 Å². The smallest absolute Gasteiger partial charge is 0.396 e. The van der Waals surface area contributed by atoms with Crippen LogP contribution in [0.15, 0.2) is 11.6 Å². The van der Waals surface area contributed by atoms with Gasteiger partial charge in [0.25, 0.3) is 0 Å². The van der Waals surface area contributed by atoms with Gasteiger partial charge in [0, 0.05) is 23.7 Å². The lowest BCUT2D eigenvalue weighted by molar-refractivity contribution is -0.142. The SMILES string of the molecule is CCc1nc(Cn2cc(CCCO)c(C(F)(F)F)n2)cs1. The van der Waals surface area contributed by atoms with Crippen molar-refractivity contribution < 1.29 is 18.3 Å². The lowest BCUT2D eigenvalue weighted by Gasteiger charge is -2.04. The standard InChI is InChI=1S/C13H16F3N3OS/c1-2-11-17-10(8-21-11)7-19-6-9(4-3-5-20)12(18-19)13(14,15)16/h6,8,20H,2-5,7H2,1H3. The third-order valence-electron chi connectivity index (χ3n) is 2.94. The number of rotatable bonds is 6. The summed E-state index contributed by atoms with van der Waals surface area (Å²) in [5, 5.41) is 15.2. The van der Waals surface area contributed by atoms with Crippen LogP contribution in [0.3, 0.4) is 0 Å². The van der Waals surface area contributed by atoms with Crippen LogP contribution in [-0.4, -0.2) is 26.5 Å². The molecular formula is C13H16F3N3OS. The van der Waals surface area contributed by atoms with Crippen LogP contribution < -0.4 is 0 Å². The predicted octanol–water partition coefficient (Wildman–Crippen LogP) is 2.89. The molecule has 0 saturated heterocycles. The van der Waals surface area contributed by atoms with Gasteiger partial charge in [0.05, 0.1) is 17.2 Å². The number of hydrogen-bond acceptors (Lipinski definition) is 4. The normalized spacial score (nSPS) is 12.0.